The Morgan fingerprint density at radius 3 is 1.71 bits per heavy atom. The number of halogens is 1. The topological polar surface area (TPSA) is 40.5 Å². The first-order valence-corrected chi connectivity index (χ1v) is 4.87. The predicted molar refractivity (Wildman–Crippen MR) is 60.2 cm³/mol. The number of benzene rings is 1. The van der Waals surface area contributed by atoms with Crippen molar-refractivity contribution in [3.8, 4) is 0 Å². The van der Waals surface area contributed by atoms with Gasteiger partial charge in [0.1, 0.15) is 0 Å². The highest BCUT2D eigenvalue weighted by Crippen LogP contribution is 2.23. The Kier molecular flexibility index (Phi) is 3.25. The SMILES string of the molecule is Cc1c(C)c(C)c(B(O)O)c(Cl)c1C. The van der Waals surface area contributed by atoms with Crippen molar-refractivity contribution >= 4 is 24.2 Å². The van der Waals surface area contributed by atoms with Gasteiger partial charge in [-0.2, -0.15) is 0 Å². The molecule has 0 unspecified atom stereocenters. The second-order valence-electron chi connectivity index (χ2n) is 3.60. The van der Waals surface area contributed by atoms with Crippen molar-refractivity contribution in [2.45, 2.75) is 27.7 Å². The fourth-order valence-corrected chi connectivity index (χ4v) is 1.98. The second-order valence-corrected chi connectivity index (χ2v) is 3.98. The van der Waals surface area contributed by atoms with E-state index in [1.54, 1.807) is 0 Å². The lowest BCUT2D eigenvalue weighted by atomic mass is 9.74. The zero-order chi connectivity index (χ0) is 11.0. The first-order valence-electron chi connectivity index (χ1n) is 4.49. The molecule has 0 aliphatic carbocycles. The van der Waals surface area contributed by atoms with Gasteiger partial charge in [-0.3, -0.25) is 0 Å². The Balaban J connectivity index is 3.60. The van der Waals surface area contributed by atoms with Crippen LogP contribution in [0.1, 0.15) is 22.3 Å². The third-order valence-electron chi connectivity index (χ3n) is 2.92. The van der Waals surface area contributed by atoms with E-state index in [9.17, 15) is 10.0 Å². The Labute approximate surface area is 89.7 Å². The molecule has 0 radical (unpaired) electrons. The van der Waals surface area contributed by atoms with Gasteiger partial charge in [-0.05, 0) is 49.9 Å². The van der Waals surface area contributed by atoms with Gasteiger partial charge in [-0.15, -0.1) is 0 Å². The summed E-state index contributed by atoms with van der Waals surface area (Å²) >= 11 is 6.05. The molecule has 0 saturated heterocycles. The van der Waals surface area contributed by atoms with E-state index in [4.69, 9.17) is 11.6 Å². The Morgan fingerprint density at radius 1 is 0.857 bits per heavy atom. The number of hydrogen-bond acceptors (Lipinski definition) is 2. The lowest BCUT2D eigenvalue weighted by Gasteiger charge is -2.16. The molecule has 0 atom stereocenters. The molecule has 14 heavy (non-hydrogen) atoms. The van der Waals surface area contributed by atoms with Crippen molar-refractivity contribution in [3.63, 3.8) is 0 Å². The maximum atomic E-state index is 9.20. The monoisotopic (exact) mass is 212 g/mol. The van der Waals surface area contributed by atoms with E-state index >= 15 is 0 Å². The van der Waals surface area contributed by atoms with Gasteiger partial charge in [-0.1, -0.05) is 11.6 Å². The first kappa shape index (κ1) is 11.6. The highest BCUT2D eigenvalue weighted by atomic mass is 35.5. The maximum absolute atomic E-state index is 9.20. The average molecular weight is 212 g/mol. The van der Waals surface area contributed by atoms with Gasteiger partial charge in [0.2, 0.25) is 0 Å². The predicted octanol–water partition coefficient (Wildman–Crippen LogP) is 1.25. The average Bonchev–Trinajstić information content (AvgIpc) is 2.11. The molecule has 0 bridgehead atoms. The summed E-state index contributed by atoms with van der Waals surface area (Å²) in [6.07, 6.45) is 0. The van der Waals surface area contributed by atoms with Crippen molar-refractivity contribution in [1.82, 2.24) is 0 Å². The van der Waals surface area contributed by atoms with Crippen LogP contribution in [0.2, 0.25) is 5.02 Å². The summed E-state index contributed by atoms with van der Waals surface area (Å²) in [7, 11) is -1.50. The fraction of sp³-hybridized carbons (Fsp3) is 0.400. The summed E-state index contributed by atoms with van der Waals surface area (Å²) in [6.45, 7) is 7.68. The van der Waals surface area contributed by atoms with E-state index in [2.05, 4.69) is 0 Å². The van der Waals surface area contributed by atoms with Crippen LogP contribution >= 0.6 is 11.6 Å². The molecule has 4 heteroatoms. The summed E-state index contributed by atoms with van der Waals surface area (Å²) in [5.74, 6) is 0. The van der Waals surface area contributed by atoms with Crippen LogP contribution in [0.3, 0.4) is 0 Å². The molecule has 0 fully saturated rings. The lowest BCUT2D eigenvalue weighted by molar-refractivity contribution is 0.425. The van der Waals surface area contributed by atoms with E-state index in [-0.39, 0.29) is 0 Å². The van der Waals surface area contributed by atoms with E-state index in [1.807, 2.05) is 27.7 Å². The van der Waals surface area contributed by atoms with Crippen LogP contribution in [0.5, 0.6) is 0 Å². The summed E-state index contributed by atoms with van der Waals surface area (Å²) in [6, 6.07) is 0. The molecule has 0 amide bonds. The van der Waals surface area contributed by atoms with Crippen molar-refractivity contribution in [2.24, 2.45) is 0 Å². The molecule has 1 aromatic rings. The Bertz CT molecular complexity index is 346. The molecule has 1 rings (SSSR count). The zero-order valence-electron chi connectivity index (χ0n) is 8.85. The molecule has 2 nitrogen and oxygen atoms in total. The van der Waals surface area contributed by atoms with E-state index in [0.29, 0.717) is 10.5 Å². The van der Waals surface area contributed by atoms with E-state index in [0.717, 1.165) is 22.3 Å². The van der Waals surface area contributed by atoms with Crippen LogP contribution < -0.4 is 5.46 Å². The summed E-state index contributed by atoms with van der Waals surface area (Å²) < 4.78 is 0. The van der Waals surface area contributed by atoms with Crippen LogP contribution in [0, 0.1) is 27.7 Å². The third kappa shape index (κ3) is 1.67. The molecule has 1 aromatic carbocycles. The van der Waals surface area contributed by atoms with Crippen molar-refractivity contribution < 1.29 is 10.0 Å². The normalized spacial score (nSPS) is 10.5. The van der Waals surface area contributed by atoms with Gasteiger partial charge in [0.05, 0.1) is 0 Å². The standard InChI is InChI=1S/C10H14BClO2/c1-5-6(2)8(4)10(12)9(7(5)3)11(13)14/h13-14H,1-4H3. The van der Waals surface area contributed by atoms with Gasteiger partial charge >= 0.3 is 7.12 Å². The molecule has 0 heterocycles. The minimum Gasteiger partial charge on any atom is -0.423 e. The molecule has 0 aromatic heterocycles. The molecular weight excluding hydrogens is 198 g/mol. The highest BCUT2D eigenvalue weighted by molar-refractivity contribution is 6.63. The lowest BCUT2D eigenvalue weighted by Crippen LogP contribution is -2.34. The first-order chi connectivity index (χ1) is 6.37. The summed E-state index contributed by atoms with van der Waals surface area (Å²) in [5.41, 5.74) is 4.37. The highest BCUT2D eigenvalue weighted by Gasteiger charge is 2.22. The molecule has 76 valence electrons. The van der Waals surface area contributed by atoms with Crippen LogP contribution in [0.15, 0.2) is 0 Å². The van der Waals surface area contributed by atoms with Gasteiger partial charge in [0, 0.05) is 10.5 Å². The van der Waals surface area contributed by atoms with Crippen molar-refractivity contribution in [1.29, 1.82) is 0 Å². The minimum atomic E-state index is -1.50. The van der Waals surface area contributed by atoms with Crippen molar-refractivity contribution in [2.75, 3.05) is 0 Å². The zero-order valence-corrected chi connectivity index (χ0v) is 9.61. The second kappa shape index (κ2) is 3.93. The third-order valence-corrected chi connectivity index (χ3v) is 3.40. The van der Waals surface area contributed by atoms with Crippen molar-refractivity contribution in [3.05, 3.63) is 27.3 Å². The van der Waals surface area contributed by atoms with Crippen LogP contribution in [-0.2, 0) is 0 Å². The van der Waals surface area contributed by atoms with Gasteiger partial charge in [0.25, 0.3) is 0 Å². The molecular formula is C10H14BClO2. The summed E-state index contributed by atoms with van der Waals surface area (Å²) in [4.78, 5) is 0. The van der Waals surface area contributed by atoms with Gasteiger partial charge < -0.3 is 10.0 Å². The maximum Gasteiger partial charge on any atom is 0.490 e. The fourth-order valence-electron chi connectivity index (χ4n) is 1.60. The quantitative estimate of drug-likeness (QED) is 0.688. The molecule has 2 N–H and O–H groups in total. The van der Waals surface area contributed by atoms with Crippen LogP contribution in [-0.4, -0.2) is 17.2 Å². The van der Waals surface area contributed by atoms with Gasteiger partial charge in [0.15, 0.2) is 0 Å². The van der Waals surface area contributed by atoms with E-state index < -0.39 is 7.12 Å². The smallest absolute Gasteiger partial charge is 0.423 e. The Morgan fingerprint density at radius 2 is 1.29 bits per heavy atom. The molecule has 0 aliphatic rings. The molecule has 0 spiro atoms. The number of rotatable bonds is 1. The van der Waals surface area contributed by atoms with Crippen LogP contribution in [0.25, 0.3) is 0 Å². The number of hydrogen-bond donors (Lipinski definition) is 2. The summed E-state index contributed by atoms with van der Waals surface area (Å²) in [5, 5.41) is 18.9. The molecule has 0 aliphatic heterocycles. The largest absolute Gasteiger partial charge is 0.490 e. The Hall–Kier alpha value is -0.505. The minimum absolute atomic E-state index is 0.423. The van der Waals surface area contributed by atoms with Gasteiger partial charge in [-0.25, -0.2) is 0 Å². The van der Waals surface area contributed by atoms with Crippen LogP contribution in [0.4, 0.5) is 0 Å². The molecule has 0 saturated carbocycles. The van der Waals surface area contributed by atoms with E-state index in [1.165, 1.54) is 0 Å².